The van der Waals surface area contributed by atoms with E-state index in [9.17, 15) is 4.79 Å². The van der Waals surface area contributed by atoms with Crippen molar-refractivity contribution in [2.45, 2.75) is 38.8 Å². The Morgan fingerprint density at radius 2 is 2.12 bits per heavy atom. The second kappa shape index (κ2) is 5.82. The fourth-order valence-electron chi connectivity index (χ4n) is 2.24. The van der Waals surface area contributed by atoms with Crippen molar-refractivity contribution in [3.8, 4) is 0 Å². The minimum absolute atomic E-state index is 0.251. The number of imidazole rings is 1. The van der Waals surface area contributed by atoms with Crippen LogP contribution in [-0.2, 0) is 17.9 Å². The summed E-state index contributed by atoms with van der Waals surface area (Å²) in [7, 11) is 0. The molecule has 1 amide bonds. The predicted octanol–water partition coefficient (Wildman–Crippen LogP) is 0.744. The normalized spacial score (nSPS) is 16.2. The first kappa shape index (κ1) is 12.1. The minimum atomic E-state index is 0.251. The van der Waals surface area contributed by atoms with E-state index in [2.05, 4.69) is 4.98 Å². The molecule has 1 fully saturated rings. The lowest BCUT2D eigenvalue weighted by molar-refractivity contribution is -0.132. The molecular weight excluding hydrogens is 216 g/mol. The van der Waals surface area contributed by atoms with Gasteiger partial charge in [-0.25, -0.2) is 4.98 Å². The summed E-state index contributed by atoms with van der Waals surface area (Å²) in [6.07, 6.45) is 7.58. The Morgan fingerprint density at radius 1 is 1.35 bits per heavy atom. The van der Waals surface area contributed by atoms with Crippen molar-refractivity contribution >= 4 is 5.91 Å². The maximum absolute atomic E-state index is 12.0. The largest absolute Gasteiger partial charge is 0.343 e. The third-order valence-electron chi connectivity index (χ3n) is 3.28. The first-order valence-electron chi connectivity index (χ1n) is 6.28. The van der Waals surface area contributed by atoms with Gasteiger partial charge in [-0.05, 0) is 19.3 Å². The number of carbonyl (C=O) groups is 1. The van der Waals surface area contributed by atoms with Gasteiger partial charge in [-0.2, -0.15) is 0 Å². The van der Waals surface area contributed by atoms with E-state index in [4.69, 9.17) is 5.73 Å². The first-order valence-corrected chi connectivity index (χ1v) is 6.28. The maximum atomic E-state index is 12.0. The number of hydrogen-bond donors (Lipinski definition) is 1. The highest BCUT2D eigenvalue weighted by Crippen LogP contribution is 2.10. The summed E-state index contributed by atoms with van der Waals surface area (Å²) >= 11 is 0. The van der Waals surface area contributed by atoms with Crippen LogP contribution < -0.4 is 5.73 Å². The van der Waals surface area contributed by atoms with E-state index in [0.29, 0.717) is 19.5 Å². The van der Waals surface area contributed by atoms with Gasteiger partial charge in [0, 0.05) is 38.8 Å². The second-order valence-corrected chi connectivity index (χ2v) is 4.47. The molecule has 1 aliphatic rings. The summed E-state index contributed by atoms with van der Waals surface area (Å²) < 4.78 is 1.96. The first-order chi connectivity index (χ1) is 8.31. The van der Waals surface area contributed by atoms with Gasteiger partial charge in [0.1, 0.15) is 0 Å². The number of likely N-dealkylation sites (tertiary alicyclic amines) is 1. The highest BCUT2D eigenvalue weighted by atomic mass is 16.2. The molecule has 2 N–H and O–H groups in total. The maximum Gasteiger partial charge on any atom is 0.224 e. The van der Waals surface area contributed by atoms with Gasteiger partial charge in [-0.3, -0.25) is 4.79 Å². The van der Waals surface area contributed by atoms with Gasteiger partial charge >= 0.3 is 0 Å². The number of rotatable bonds is 4. The molecule has 0 unspecified atom stereocenters. The molecule has 0 atom stereocenters. The number of amides is 1. The molecule has 1 aliphatic heterocycles. The molecule has 0 aromatic carbocycles. The van der Waals surface area contributed by atoms with Crippen LogP contribution in [0.2, 0.25) is 0 Å². The van der Waals surface area contributed by atoms with Gasteiger partial charge < -0.3 is 15.2 Å². The summed E-state index contributed by atoms with van der Waals surface area (Å²) in [5.74, 6) is 0.251. The smallest absolute Gasteiger partial charge is 0.224 e. The van der Waals surface area contributed by atoms with Crippen molar-refractivity contribution in [2.24, 2.45) is 5.73 Å². The van der Waals surface area contributed by atoms with E-state index in [1.807, 2.05) is 9.47 Å². The fourth-order valence-corrected chi connectivity index (χ4v) is 2.24. The Morgan fingerprint density at radius 3 is 2.82 bits per heavy atom. The van der Waals surface area contributed by atoms with Gasteiger partial charge in [0.15, 0.2) is 0 Å². The zero-order chi connectivity index (χ0) is 12.1. The Kier molecular flexibility index (Phi) is 4.14. The van der Waals surface area contributed by atoms with Gasteiger partial charge in [0.05, 0.1) is 12.0 Å². The summed E-state index contributed by atoms with van der Waals surface area (Å²) in [6.45, 7) is 3.00. The Hall–Kier alpha value is -1.36. The summed E-state index contributed by atoms with van der Waals surface area (Å²) in [6, 6.07) is 0. The average Bonchev–Trinajstić information content (AvgIpc) is 2.84. The third-order valence-corrected chi connectivity index (χ3v) is 3.28. The quantitative estimate of drug-likeness (QED) is 0.838. The van der Waals surface area contributed by atoms with Gasteiger partial charge in [0.25, 0.3) is 0 Å². The molecule has 5 heteroatoms. The number of nitrogens with zero attached hydrogens (tertiary/aromatic N) is 3. The van der Waals surface area contributed by atoms with E-state index in [1.165, 1.54) is 6.42 Å². The zero-order valence-corrected chi connectivity index (χ0v) is 10.1. The van der Waals surface area contributed by atoms with E-state index in [0.717, 1.165) is 31.6 Å². The van der Waals surface area contributed by atoms with Crippen LogP contribution in [0.25, 0.3) is 0 Å². The molecule has 1 saturated heterocycles. The fraction of sp³-hybridized carbons (Fsp3) is 0.667. The summed E-state index contributed by atoms with van der Waals surface area (Å²) in [4.78, 5) is 18.0. The van der Waals surface area contributed by atoms with Gasteiger partial charge in [-0.1, -0.05) is 0 Å². The van der Waals surface area contributed by atoms with Crippen molar-refractivity contribution in [3.05, 3.63) is 18.2 Å². The van der Waals surface area contributed by atoms with Crippen molar-refractivity contribution < 1.29 is 4.79 Å². The molecule has 0 aliphatic carbocycles. The van der Waals surface area contributed by atoms with E-state index >= 15 is 0 Å². The van der Waals surface area contributed by atoms with Crippen LogP contribution in [0.3, 0.4) is 0 Å². The molecule has 0 saturated carbocycles. The molecule has 1 aromatic rings. The highest BCUT2D eigenvalue weighted by Gasteiger charge is 2.16. The van der Waals surface area contributed by atoms with Crippen LogP contribution >= 0.6 is 0 Å². The van der Waals surface area contributed by atoms with Crippen LogP contribution in [-0.4, -0.2) is 33.4 Å². The lowest BCUT2D eigenvalue weighted by Crippen LogP contribution is -2.36. The van der Waals surface area contributed by atoms with Crippen molar-refractivity contribution in [1.82, 2.24) is 14.5 Å². The monoisotopic (exact) mass is 236 g/mol. The molecule has 0 spiro atoms. The molecule has 2 rings (SSSR count). The number of piperidine rings is 1. The van der Waals surface area contributed by atoms with Crippen LogP contribution in [0.1, 0.15) is 31.4 Å². The predicted molar refractivity (Wildman–Crippen MR) is 65.2 cm³/mol. The number of carbonyl (C=O) groups excluding carboxylic acids is 1. The molecule has 94 valence electrons. The molecule has 5 nitrogen and oxygen atoms in total. The number of hydrogen-bond acceptors (Lipinski definition) is 3. The average molecular weight is 236 g/mol. The van der Waals surface area contributed by atoms with Crippen molar-refractivity contribution in [2.75, 3.05) is 13.1 Å². The lowest BCUT2D eigenvalue weighted by Gasteiger charge is -2.26. The topological polar surface area (TPSA) is 64.1 Å². The molecule has 0 bridgehead atoms. The summed E-state index contributed by atoms with van der Waals surface area (Å²) in [5.41, 5.74) is 6.57. The van der Waals surface area contributed by atoms with Crippen molar-refractivity contribution in [1.29, 1.82) is 0 Å². The van der Waals surface area contributed by atoms with E-state index in [-0.39, 0.29) is 5.91 Å². The van der Waals surface area contributed by atoms with Gasteiger partial charge in [0.2, 0.25) is 5.91 Å². The second-order valence-electron chi connectivity index (χ2n) is 4.47. The highest BCUT2D eigenvalue weighted by molar-refractivity contribution is 5.76. The SMILES string of the molecule is NCc1cncn1CCC(=O)N1CCCCC1. The van der Waals surface area contributed by atoms with Crippen LogP contribution in [0.4, 0.5) is 0 Å². The van der Waals surface area contributed by atoms with Crippen molar-refractivity contribution in [3.63, 3.8) is 0 Å². The Bertz CT molecular complexity index is 368. The van der Waals surface area contributed by atoms with Crippen LogP contribution in [0, 0.1) is 0 Å². The molecule has 1 aromatic heterocycles. The minimum Gasteiger partial charge on any atom is -0.343 e. The Labute approximate surface area is 102 Å². The lowest BCUT2D eigenvalue weighted by atomic mass is 10.1. The van der Waals surface area contributed by atoms with Crippen LogP contribution in [0.15, 0.2) is 12.5 Å². The summed E-state index contributed by atoms with van der Waals surface area (Å²) in [5, 5.41) is 0. The van der Waals surface area contributed by atoms with E-state index < -0.39 is 0 Å². The molecule has 0 radical (unpaired) electrons. The number of aryl methyl sites for hydroxylation is 1. The number of nitrogens with two attached hydrogens (primary N) is 1. The molecule has 2 heterocycles. The number of aromatic nitrogens is 2. The van der Waals surface area contributed by atoms with Gasteiger partial charge in [-0.15, -0.1) is 0 Å². The van der Waals surface area contributed by atoms with E-state index in [1.54, 1.807) is 12.5 Å². The zero-order valence-electron chi connectivity index (χ0n) is 10.1. The standard InChI is InChI=1S/C12H20N4O/c13-8-11-9-14-10-16(11)7-4-12(17)15-5-2-1-3-6-15/h9-10H,1-8,13H2. The Balaban J connectivity index is 1.83. The third kappa shape index (κ3) is 3.06. The molecule has 17 heavy (non-hydrogen) atoms. The molecular formula is C12H20N4O. The van der Waals surface area contributed by atoms with Crippen LogP contribution in [0.5, 0.6) is 0 Å².